The summed E-state index contributed by atoms with van der Waals surface area (Å²) >= 11 is 6.01. The molecule has 106 valence electrons. The number of pyridine rings is 1. The van der Waals surface area contributed by atoms with Crippen LogP contribution < -0.4 is 10.1 Å². The number of halogens is 1. The average Bonchev–Trinajstić information content (AvgIpc) is 2.48. The fraction of sp³-hybridized carbons (Fsp3) is 0.312. The molecule has 0 atom stereocenters. The molecule has 3 nitrogen and oxygen atoms in total. The fourth-order valence-corrected chi connectivity index (χ4v) is 2.13. The minimum absolute atomic E-state index is 0.584. The number of nitrogens with zero attached hydrogens (tertiary/aromatic N) is 1. The number of hydrogen-bond donors (Lipinski definition) is 1. The summed E-state index contributed by atoms with van der Waals surface area (Å²) in [5.41, 5.74) is 3.06. The molecule has 20 heavy (non-hydrogen) atoms. The molecule has 2 rings (SSSR count). The number of hydrogen-bond acceptors (Lipinski definition) is 3. The summed E-state index contributed by atoms with van der Waals surface area (Å²) in [7, 11) is 1.61. The van der Waals surface area contributed by atoms with Crippen LogP contribution in [0.2, 0.25) is 5.02 Å². The van der Waals surface area contributed by atoms with Crippen molar-refractivity contribution in [3.05, 3.63) is 41.6 Å². The van der Waals surface area contributed by atoms with Crippen molar-refractivity contribution in [2.75, 3.05) is 19.0 Å². The highest BCUT2D eigenvalue weighted by molar-refractivity contribution is 6.30. The van der Waals surface area contributed by atoms with E-state index in [0.29, 0.717) is 10.9 Å². The van der Waals surface area contributed by atoms with Gasteiger partial charge in [-0.2, -0.15) is 0 Å². The number of ether oxygens (including phenoxy) is 1. The Kier molecular flexibility index (Phi) is 5.24. The molecule has 0 fully saturated rings. The Labute approximate surface area is 124 Å². The molecule has 0 aliphatic rings. The first kappa shape index (κ1) is 14.7. The van der Waals surface area contributed by atoms with E-state index in [1.165, 1.54) is 12.8 Å². The minimum atomic E-state index is 0.584. The molecule has 4 heteroatoms. The first-order valence-electron chi connectivity index (χ1n) is 6.78. The lowest BCUT2D eigenvalue weighted by molar-refractivity contribution is 0.399. The molecular formula is C16H19ClN2O. The maximum atomic E-state index is 6.01. The van der Waals surface area contributed by atoms with Crippen LogP contribution in [-0.2, 0) is 0 Å². The standard InChI is InChI=1S/C16H19ClN2O/c1-3-4-9-18-14-7-5-12(6-8-14)15-10-13(17)11-19-16(15)20-2/h5-8,10-11,18H,3-4,9H2,1-2H3. The summed E-state index contributed by atoms with van der Waals surface area (Å²) in [6.45, 7) is 3.18. The zero-order valence-electron chi connectivity index (χ0n) is 11.8. The molecule has 0 bridgehead atoms. The van der Waals surface area contributed by atoms with E-state index in [1.54, 1.807) is 13.3 Å². The van der Waals surface area contributed by atoms with E-state index in [0.717, 1.165) is 23.4 Å². The van der Waals surface area contributed by atoms with Crippen LogP contribution in [0.4, 0.5) is 5.69 Å². The van der Waals surface area contributed by atoms with Crippen LogP contribution in [0.15, 0.2) is 36.5 Å². The van der Waals surface area contributed by atoms with E-state index < -0.39 is 0 Å². The summed E-state index contributed by atoms with van der Waals surface area (Å²) in [5.74, 6) is 0.584. The van der Waals surface area contributed by atoms with Crippen molar-refractivity contribution in [3.63, 3.8) is 0 Å². The summed E-state index contributed by atoms with van der Waals surface area (Å²) in [6, 6.07) is 10.1. The Balaban J connectivity index is 2.19. The van der Waals surface area contributed by atoms with Gasteiger partial charge in [0.15, 0.2) is 0 Å². The van der Waals surface area contributed by atoms with Gasteiger partial charge in [-0.15, -0.1) is 0 Å². The molecule has 1 aromatic heterocycles. The van der Waals surface area contributed by atoms with Crippen molar-refractivity contribution in [3.8, 4) is 17.0 Å². The van der Waals surface area contributed by atoms with E-state index in [9.17, 15) is 0 Å². The molecule has 1 heterocycles. The number of aromatic nitrogens is 1. The second kappa shape index (κ2) is 7.15. The summed E-state index contributed by atoms with van der Waals surface area (Å²) in [4.78, 5) is 4.19. The van der Waals surface area contributed by atoms with Crippen molar-refractivity contribution in [2.24, 2.45) is 0 Å². The number of nitrogens with one attached hydrogen (secondary N) is 1. The van der Waals surface area contributed by atoms with Crippen LogP contribution in [0.25, 0.3) is 11.1 Å². The first-order chi connectivity index (χ1) is 9.74. The van der Waals surface area contributed by atoms with Gasteiger partial charge < -0.3 is 10.1 Å². The van der Waals surface area contributed by atoms with Crippen LogP contribution >= 0.6 is 11.6 Å². The summed E-state index contributed by atoms with van der Waals surface area (Å²) < 4.78 is 5.28. The van der Waals surface area contributed by atoms with E-state index in [-0.39, 0.29) is 0 Å². The maximum Gasteiger partial charge on any atom is 0.221 e. The molecule has 1 aromatic carbocycles. The van der Waals surface area contributed by atoms with Gasteiger partial charge in [-0.05, 0) is 30.2 Å². The minimum Gasteiger partial charge on any atom is -0.481 e. The van der Waals surface area contributed by atoms with Crippen LogP contribution in [-0.4, -0.2) is 18.6 Å². The van der Waals surface area contributed by atoms with Crippen molar-refractivity contribution in [1.29, 1.82) is 0 Å². The quantitative estimate of drug-likeness (QED) is 0.788. The van der Waals surface area contributed by atoms with Crippen LogP contribution in [0.5, 0.6) is 5.88 Å². The van der Waals surface area contributed by atoms with Crippen LogP contribution in [0.1, 0.15) is 19.8 Å². The SMILES string of the molecule is CCCCNc1ccc(-c2cc(Cl)cnc2OC)cc1. The molecule has 0 radical (unpaired) electrons. The smallest absolute Gasteiger partial charge is 0.221 e. The maximum absolute atomic E-state index is 6.01. The van der Waals surface area contributed by atoms with E-state index in [1.807, 2.05) is 18.2 Å². The molecule has 0 unspecified atom stereocenters. The van der Waals surface area contributed by atoms with Gasteiger partial charge in [0.05, 0.1) is 12.1 Å². The molecule has 0 spiro atoms. The molecular weight excluding hydrogens is 272 g/mol. The molecule has 0 saturated heterocycles. The lowest BCUT2D eigenvalue weighted by Crippen LogP contribution is -2.00. The Hall–Kier alpha value is -1.74. The van der Waals surface area contributed by atoms with Gasteiger partial charge in [-0.1, -0.05) is 37.1 Å². The van der Waals surface area contributed by atoms with Gasteiger partial charge in [0.25, 0.3) is 0 Å². The first-order valence-corrected chi connectivity index (χ1v) is 7.16. The van der Waals surface area contributed by atoms with Crippen LogP contribution in [0, 0.1) is 0 Å². The Morgan fingerprint density at radius 3 is 2.65 bits per heavy atom. The number of methoxy groups -OCH3 is 1. The molecule has 0 aliphatic heterocycles. The van der Waals surface area contributed by atoms with Gasteiger partial charge >= 0.3 is 0 Å². The molecule has 1 N–H and O–H groups in total. The van der Waals surface area contributed by atoms with Crippen molar-refractivity contribution in [1.82, 2.24) is 4.98 Å². The Morgan fingerprint density at radius 2 is 2.00 bits per heavy atom. The highest BCUT2D eigenvalue weighted by Gasteiger charge is 2.08. The molecule has 2 aromatic rings. The zero-order valence-corrected chi connectivity index (χ0v) is 12.6. The lowest BCUT2D eigenvalue weighted by atomic mass is 10.1. The second-order valence-electron chi connectivity index (χ2n) is 4.57. The van der Waals surface area contributed by atoms with Crippen molar-refractivity contribution in [2.45, 2.75) is 19.8 Å². The molecule has 0 aliphatic carbocycles. The van der Waals surface area contributed by atoms with Gasteiger partial charge in [0.2, 0.25) is 5.88 Å². The highest BCUT2D eigenvalue weighted by Crippen LogP contribution is 2.30. The average molecular weight is 291 g/mol. The third-order valence-corrected chi connectivity index (χ3v) is 3.27. The van der Waals surface area contributed by atoms with Gasteiger partial charge in [0.1, 0.15) is 0 Å². The third-order valence-electron chi connectivity index (χ3n) is 3.07. The van der Waals surface area contributed by atoms with E-state index in [4.69, 9.17) is 16.3 Å². The topological polar surface area (TPSA) is 34.2 Å². The van der Waals surface area contributed by atoms with Gasteiger partial charge in [-0.25, -0.2) is 4.98 Å². The van der Waals surface area contributed by atoms with Gasteiger partial charge in [0, 0.05) is 24.0 Å². The van der Waals surface area contributed by atoms with Gasteiger partial charge in [-0.3, -0.25) is 0 Å². The number of anilines is 1. The molecule has 0 amide bonds. The highest BCUT2D eigenvalue weighted by atomic mass is 35.5. The number of unbranched alkanes of at least 4 members (excludes halogenated alkanes) is 1. The fourth-order valence-electron chi connectivity index (χ4n) is 1.97. The largest absolute Gasteiger partial charge is 0.481 e. The van der Waals surface area contributed by atoms with Crippen LogP contribution in [0.3, 0.4) is 0 Å². The zero-order chi connectivity index (χ0) is 14.4. The van der Waals surface area contributed by atoms with E-state index >= 15 is 0 Å². The normalized spacial score (nSPS) is 10.3. The summed E-state index contributed by atoms with van der Waals surface area (Å²) in [5, 5.41) is 3.99. The third kappa shape index (κ3) is 3.64. The van der Waals surface area contributed by atoms with Crippen molar-refractivity contribution >= 4 is 17.3 Å². The second-order valence-corrected chi connectivity index (χ2v) is 5.00. The Morgan fingerprint density at radius 1 is 1.25 bits per heavy atom. The van der Waals surface area contributed by atoms with E-state index in [2.05, 4.69) is 29.4 Å². The predicted octanol–water partition coefficient (Wildman–Crippen LogP) is 4.62. The monoisotopic (exact) mass is 290 g/mol. The predicted molar refractivity (Wildman–Crippen MR) is 84.6 cm³/mol. The summed E-state index contributed by atoms with van der Waals surface area (Å²) in [6.07, 6.45) is 3.95. The Bertz CT molecular complexity index is 555. The lowest BCUT2D eigenvalue weighted by Gasteiger charge is -2.10. The number of rotatable bonds is 6. The molecule has 0 saturated carbocycles. The number of benzene rings is 1. The van der Waals surface area contributed by atoms with Crippen molar-refractivity contribution < 1.29 is 4.74 Å².